The van der Waals surface area contributed by atoms with E-state index in [2.05, 4.69) is 5.32 Å². The van der Waals surface area contributed by atoms with Crippen LogP contribution in [0.2, 0.25) is 0 Å². The van der Waals surface area contributed by atoms with Crippen LogP contribution < -0.4 is 5.32 Å². The highest BCUT2D eigenvalue weighted by atomic mass is 32.2. The summed E-state index contributed by atoms with van der Waals surface area (Å²) in [5, 5.41) is 11.9. The van der Waals surface area contributed by atoms with Gasteiger partial charge < -0.3 is 10.4 Å². The van der Waals surface area contributed by atoms with Crippen LogP contribution in [0.25, 0.3) is 0 Å². The van der Waals surface area contributed by atoms with Gasteiger partial charge in [-0.2, -0.15) is 0 Å². The number of rotatable bonds is 5. The molecular weight excluding hydrogens is 202 g/mol. The standard InChI is InChI=1S/C9H19NO3S/c11-6-8-14(12,13)7-4-9-3-1-2-5-10-9/h9-11H,1-8H2. The second kappa shape index (κ2) is 5.68. The number of hydrogen-bond acceptors (Lipinski definition) is 4. The smallest absolute Gasteiger partial charge is 0.152 e. The summed E-state index contributed by atoms with van der Waals surface area (Å²) in [5.41, 5.74) is 0. The van der Waals surface area contributed by atoms with Crippen LogP contribution in [0, 0.1) is 0 Å². The molecule has 1 heterocycles. The Hall–Kier alpha value is -0.130. The van der Waals surface area contributed by atoms with E-state index in [0.717, 1.165) is 13.0 Å². The zero-order chi connectivity index (χ0) is 10.4. The minimum Gasteiger partial charge on any atom is -0.395 e. The number of piperidine rings is 1. The average molecular weight is 221 g/mol. The number of hydrogen-bond donors (Lipinski definition) is 2. The third-order valence-electron chi connectivity index (χ3n) is 2.59. The number of aliphatic hydroxyl groups excluding tert-OH is 1. The van der Waals surface area contributed by atoms with E-state index in [1.807, 2.05) is 0 Å². The lowest BCUT2D eigenvalue weighted by atomic mass is 10.0. The minimum atomic E-state index is -3.02. The van der Waals surface area contributed by atoms with Crippen LogP contribution in [0.5, 0.6) is 0 Å². The molecule has 0 radical (unpaired) electrons. The molecule has 1 saturated heterocycles. The summed E-state index contributed by atoms with van der Waals surface area (Å²) >= 11 is 0. The van der Waals surface area contributed by atoms with Crippen LogP contribution in [0.15, 0.2) is 0 Å². The predicted octanol–water partition coefficient (Wildman–Crippen LogP) is -0.0743. The molecule has 1 atom stereocenters. The van der Waals surface area contributed by atoms with Crippen molar-refractivity contribution < 1.29 is 13.5 Å². The van der Waals surface area contributed by atoms with E-state index in [0.29, 0.717) is 12.5 Å². The van der Waals surface area contributed by atoms with Crippen LogP contribution in [0.3, 0.4) is 0 Å². The molecule has 0 aromatic carbocycles. The molecule has 0 aromatic rings. The van der Waals surface area contributed by atoms with Gasteiger partial charge in [0.25, 0.3) is 0 Å². The topological polar surface area (TPSA) is 66.4 Å². The van der Waals surface area contributed by atoms with Crippen molar-refractivity contribution >= 4 is 9.84 Å². The summed E-state index contributed by atoms with van der Waals surface area (Å²) in [6.07, 6.45) is 4.15. The van der Waals surface area contributed by atoms with Gasteiger partial charge in [0.05, 0.1) is 18.1 Å². The van der Waals surface area contributed by atoms with Gasteiger partial charge in [-0.25, -0.2) is 8.42 Å². The van der Waals surface area contributed by atoms with E-state index in [9.17, 15) is 8.42 Å². The molecule has 0 amide bonds. The molecule has 1 fully saturated rings. The van der Waals surface area contributed by atoms with Gasteiger partial charge in [0.1, 0.15) is 0 Å². The Kier molecular flexibility index (Phi) is 4.84. The van der Waals surface area contributed by atoms with Crippen molar-refractivity contribution in [3.05, 3.63) is 0 Å². The lowest BCUT2D eigenvalue weighted by Crippen LogP contribution is -2.35. The van der Waals surface area contributed by atoms with Crippen molar-refractivity contribution in [2.45, 2.75) is 31.7 Å². The van der Waals surface area contributed by atoms with Crippen molar-refractivity contribution in [2.75, 3.05) is 24.7 Å². The molecule has 0 bridgehead atoms. The normalized spacial score (nSPS) is 23.6. The number of aliphatic hydroxyl groups is 1. The van der Waals surface area contributed by atoms with Crippen molar-refractivity contribution in [2.24, 2.45) is 0 Å². The molecular formula is C9H19NO3S. The van der Waals surface area contributed by atoms with Crippen molar-refractivity contribution in [3.63, 3.8) is 0 Å². The Labute approximate surface area is 85.6 Å². The summed E-state index contributed by atoms with van der Waals surface area (Å²) < 4.78 is 22.6. The molecule has 1 rings (SSSR count). The molecule has 0 spiro atoms. The van der Waals surface area contributed by atoms with Crippen LogP contribution >= 0.6 is 0 Å². The van der Waals surface area contributed by atoms with E-state index >= 15 is 0 Å². The highest BCUT2D eigenvalue weighted by Gasteiger charge is 2.16. The summed E-state index contributed by atoms with van der Waals surface area (Å²) in [5.74, 6) is 0.102. The minimum absolute atomic E-state index is 0.0975. The molecule has 1 aliphatic heterocycles. The maximum Gasteiger partial charge on any atom is 0.152 e. The van der Waals surface area contributed by atoms with Gasteiger partial charge in [0.2, 0.25) is 0 Å². The van der Waals surface area contributed by atoms with Crippen LogP contribution in [-0.4, -0.2) is 44.2 Å². The molecule has 0 aromatic heterocycles. The summed E-state index contributed by atoms with van der Waals surface area (Å²) in [6, 6.07) is 0.359. The first-order chi connectivity index (χ1) is 6.64. The molecule has 84 valence electrons. The first-order valence-electron chi connectivity index (χ1n) is 5.19. The molecule has 1 aliphatic rings. The van der Waals surface area contributed by atoms with E-state index < -0.39 is 9.84 Å². The lowest BCUT2D eigenvalue weighted by molar-refractivity contribution is 0.319. The van der Waals surface area contributed by atoms with Gasteiger partial charge in [0.15, 0.2) is 9.84 Å². The Morgan fingerprint density at radius 2 is 2.07 bits per heavy atom. The van der Waals surface area contributed by atoms with Crippen molar-refractivity contribution in [1.29, 1.82) is 0 Å². The zero-order valence-electron chi connectivity index (χ0n) is 8.41. The third-order valence-corrected chi connectivity index (χ3v) is 4.25. The van der Waals surface area contributed by atoms with E-state index in [-0.39, 0.29) is 18.1 Å². The molecule has 14 heavy (non-hydrogen) atoms. The number of nitrogens with one attached hydrogen (secondary N) is 1. The first-order valence-corrected chi connectivity index (χ1v) is 7.01. The van der Waals surface area contributed by atoms with Crippen LogP contribution in [-0.2, 0) is 9.84 Å². The second-order valence-electron chi connectivity index (χ2n) is 3.81. The highest BCUT2D eigenvalue weighted by Crippen LogP contribution is 2.11. The molecule has 0 saturated carbocycles. The fourth-order valence-corrected chi connectivity index (χ4v) is 2.86. The maximum absolute atomic E-state index is 11.3. The van der Waals surface area contributed by atoms with Crippen molar-refractivity contribution in [1.82, 2.24) is 5.32 Å². The molecule has 2 N–H and O–H groups in total. The van der Waals surface area contributed by atoms with Crippen LogP contribution in [0.4, 0.5) is 0 Å². The molecule has 5 heteroatoms. The second-order valence-corrected chi connectivity index (χ2v) is 6.11. The molecule has 0 aliphatic carbocycles. The van der Waals surface area contributed by atoms with Crippen molar-refractivity contribution in [3.8, 4) is 0 Å². The van der Waals surface area contributed by atoms with Gasteiger partial charge >= 0.3 is 0 Å². The SMILES string of the molecule is O=S(=O)(CCO)CCC1CCCCN1. The summed E-state index contributed by atoms with van der Waals surface area (Å²) in [4.78, 5) is 0. The van der Waals surface area contributed by atoms with Gasteiger partial charge in [-0.05, 0) is 25.8 Å². The quantitative estimate of drug-likeness (QED) is 0.682. The van der Waals surface area contributed by atoms with E-state index in [4.69, 9.17) is 5.11 Å². The fraction of sp³-hybridized carbons (Fsp3) is 1.00. The Morgan fingerprint density at radius 3 is 2.64 bits per heavy atom. The monoisotopic (exact) mass is 221 g/mol. The maximum atomic E-state index is 11.3. The van der Waals surface area contributed by atoms with E-state index in [1.54, 1.807) is 0 Å². The first kappa shape index (κ1) is 11.9. The Balaban J connectivity index is 2.24. The Bertz CT molecular complexity index is 245. The van der Waals surface area contributed by atoms with Gasteiger partial charge in [-0.3, -0.25) is 0 Å². The zero-order valence-corrected chi connectivity index (χ0v) is 9.22. The van der Waals surface area contributed by atoms with Gasteiger partial charge in [-0.15, -0.1) is 0 Å². The molecule has 4 nitrogen and oxygen atoms in total. The van der Waals surface area contributed by atoms with Crippen LogP contribution in [0.1, 0.15) is 25.7 Å². The largest absolute Gasteiger partial charge is 0.395 e. The predicted molar refractivity (Wildman–Crippen MR) is 56.0 cm³/mol. The van der Waals surface area contributed by atoms with Gasteiger partial charge in [-0.1, -0.05) is 6.42 Å². The molecule has 1 unspecified atom stereocenters. The Morgan fingerprint density at radius 1 is 1.29 bits per heavy atom. The van der Waals surface area contributed by atoms with E-state index in [1.165, 1.54) is 12.8 Å². The lowest BCUT2D eigenvalue weighted by Gasteiger charge is -2.23. The summed E-state index contributed by atoms with van der Waals surface area (Å²) in [7, 11) is -3.02. The summed E-state index contributed by atoms with van der Waals surface area (Å²) in [6.45, 7) is 0.741. The third kappa shape index (κ3) is 4.39. The highest BCUT2D eigenvalue weighted by molar-refractivity contribution is 7.91. The van der Waals surface area contributed by atoms with Gasteiger partial charge in [0, 0.05) is 6.04 Å². The fourth-order valence-electron chi connectivity index (χ4n) is 1.73. The average Bonchev–Trinajstić information content (AvgIpc) is 2.17. The number of sulfone groups is 1.